The Morgan fingerprint density at radius 3 is 1.59 bits per heavy atom. The minimum Gasteiger partial charge on any atom is -0.497 e. The number of halogens is 4. The second kappa shape index (κ2) is 29.1. The lowest BCUT2D eigenvalue weighted by Crippen LogP contribution is -2.29. The largest absolute Gasteiger partial charge is 0.497 e. The van der Waals surface area contributed by atoms with Crippen LogP contribution in [0, 0.1) is 0 Å². The first-order valence-corrected chi connectivity index (χ1v) is 25.5. The molecule has 0 fully saturated rings. The van der Waals surface area contributed by atoms with Gasteiger partial charge in [-0.1, -0.05) is 84.9 Å². The fraction of sp³-hybridized carbons (Fsp3) is 0.0877. The van der Waals surface area contributed by atoms with Gasteiger partial charge in [-0.2, -0.15) is 0 Å². The summed E-state index contributed by atoms with van der Waals surface area (Å²) >= 11 is 13.1. The van der Waals surface area contributed by atoms with Crippen molar-refractivity contribution < 1.29 is 33.8 Å². The van der Waals surface area contributed by atoms with E-state index in [0.717, 1.165) is 68.6 Å². The highest BCUT2D eigenvalue weighted by molar-refractivity contribution is 9.28. The van der Waals surface area contributed by atoms with Crippen LogP contribution in [0.15, 0.2) is 189 Å². The molecule has 9 rings (SSSR count). The van der Waals surface area contributed by atoms with Gasteiger partial charge in [-0.15, -0.1) is 0 Å². The summed E-state index contributed by atoms with van der Waals surface area (Å²) in [6, 6.07) is 58.0. The first-order valence-electron chi connectivity index (χ1n) is 22.3. The molecule has 0 bridgehead atoms. The number of rotatable bonds is 9. The van der Waals surface area contributed by atoms with Crippen LogP contribution in [0.3, 0.4) is 0 Å². The average molecular weight is 1240 g/mol. The molecular weight excluding hydrogens is 1180 g/mol. The molecule has 0 radical (unpaired) electrons. The van der Waals surface area contributed by atoms with Crippen LogP contribution >= 0.6 is 63.7 Å². The number of aromatic amines is 1. The zero-order valence-corrected chi connectivity index (χ0v) is 46.9. The molecule has 2 aromatic heterocycles. The molecule has 0 aliphatic rings. The third-order valence-electron chi connectivity index (χ3n) is 10.6. The zero-order chi connectivity index (χ0) is 52.9. The smallest absolute Gasteiger partial charge is 0.488 e. The summed E-state index contributed by atoms with van der Waals surface area (Å²) in [5, 5.41) is 22.5. The Labute approximate surface area is 459 Å². The summed E-state index contributed by atoms with van der Waals surface area (Å²) in [5.74, 6) is 2.33. The number of carbonyl (C=O) groups is 2. The van der Waals surface area contributed by atoms with Gasteiger partial charge in [0.2, 0.25) is 11.8 Å². The summed E-state index contributed by atoms with van der Waals surface area (Å²) in [4.78, 5) is 26.3. The minimum atomic E-state index is -1.40. The number of methoxy groups -OCH3 is 3. The SMILES string of the molecule is CC(=O)Nc1ccccc1C=C(Br)Br.COc1ccc(-c2cc3ccccc3[nH]2)cc1.COc1ccc(-c2cc3ccccc3n2C(C)=O)cc1.COc1ccc(B(O)O)cc1.Nc1ccccc1C=C(Br)Br. The lowest BCUT2D eigenvalue weighted by atomic mass is 9.80. The molecule has 9 aromatic rings. The van der Waals surface area contributed by atoms with Crippen LogP contribution in [0.5, 0.6) is 17.2 Å². The number of fused-ring (bicyclic) bond motifs is 2. The Bertz CT molecular complexity index is 3230. The van der Waals surface area contributed by atoms with Gasteiger partial charge in [-0.05, 0) is 201 Å². The normalized spacial score (nSPS) is 10.0. The monoisotopic (exact) mass is 1230 g/mol. The van der Waals surface area contributed by atoms with E-state index in [9.17, 15) is 9.59 Å². The first-order chi connectivity index (χ1) is 35.1. The van der Waals surface area contributed by atoms with Crippen molar-refractivity contribution in [3.05, 3.63) is 200 Å². The van der Waals surface area contributed by atoms with Gasteiger partial charge in [0.25, 0.3) is 0 Å². The van der Waals surface area contributed by atoms with Crippen molar-refractivity contribution >= 4 is 133 Å². The summed E-state index contributed by atoms with van der Waals surface area (Å²) < 4.78 is 18.7. The number of carbonyl (C=O) groups excluding carboxylic acids is 2. The third-order valence-corrected chi connectivity index (χ3v) is 11.5. The fourth-order valence-electron chi connectivity index (χ4n) is 7.05. The predicted octanol–water partition coefficient (Wildman–Crippen LogP) is 14.3. The molecule has 0 saturated heterocycles. The van der Waals surface area contributed by atoms with Crippen LogP contribution < -0.4 is 30.7 Å². The molecule has 374 valence electrons. The molecule has 0 aliphatic heterocycles. The fourth-order valence-corrected chi connectivity index (χ4v) is 8.03. The highest BCUT2D eigenvalue weighted by Gasteiger charge is 2.14. The van der Waals surface area contributed by atoms with Gasteiger partial charge in [-0.3, -0.25) is 14.2 Å². The lowest BCUT2D eigenvalue weighted by molar-refractivity contribution is -0.114. The highest BCUT2D eigenvalue weighted by atomic mass is 79.9. The van der Waals surface area contributed by atoms with E-state index in [0.29, 0.717) is 11.2 Å². The molecule has 16 heteroatoms. The van der Waals surface area contributed by atoms with Gasteiger partial charge in [0, 0.05) is 47.2 Å². The summed E-state index contributed by atoms with van der Waals surface area (Å²) in [7, 11) is 3.48. The Kier molecular flexibility index (Phi) is 22.9. The molecule has 0 aliphatic carbocycles. The molecule has 0 spiro atoms. The van der Waals surface area contributed by atoms with Crippen LogP contribution in [0.4, 0.5) is 11.4 Å². The van der Waals surface area contributed by atoms with Gasteiger partial charge < -0.3 is 40.3 Å². The van der Waals surface area contributed by atoms with Gasteiger partial charge in [0.05, 0.1) is 39.3 Å². The van der Waals surface area contributed by atoms with Gasteiger partial charge in [-0.25, -0.2) is 0 Å². The number of ether oxygens (including phenoxy) is 3. The van der Waals surface area contributed by atoms with E-state index >= 15 is 0 Å². The van der Waals surface area contributed by atoms with Crippen LogP contribution in [0.25, 0.3) is 56.5 Å². The van der Waals surface area contributed by atoms with Crippen molar-refractivity contribution in [2.75, 3.05) is 32.4 Å². The van der Waals surface area contributed by atoms with E-state index in [2.05, 4.69) is 104 Å². The second-order valence-electron chi connectivity index (χ2n) is 15.6. The topological polar surface area (TPSA) is 161 Å². The van der Waals surface area contributed by atoms with Crippen LogP contribution in [0.2, 0.25) is 0 Å². The number of amides is 1. The number of hydrogen-bond acceptors (Lipinski definition) is 8. The van der Waals surface area contributed by atoms with Gasteiger partial charge >= 0.3 is 7.12 Å². The number of nitrogens with one attached hydrogen (secondary N) is 2. The van der Waals surface area contributed by atoms with Crippen LogP contribution in [-0.2, 0) is 4.79 Å². The maximum atomic E-state index is 12.0. The van der Waals surface area contributed by atoms with Crippen molar-refractivity contribution in [3.63, 3.8) is 0 Å². The van der Waals surface area contributed by atoms with E-state index in [-0.39, 0.29) is 11.8 Å². The molecular formula is C57H53BBr4N4O7. The number of hydrogen-bond donors (Lipinski definition) is 5. The lowest BCUT2D eigenvalue weighted by Gasteiger charge is -2.07. The summed E-state index contributed by atoms with van der Waals surface area (Å²) in [6.45, 7) is 3.07. The third kappa shape index (κ3) is 17.8. The van der Waals surface area contributed by atoms with Crippen molar-refractivity contribution in [1.82, 2.24) is 9.55 Å². The predicted molar refractivity (Wildman–Crippen MR) is 317 cm³/mol. The summed E-state index contributed by atoms with van der Waals surface area (Å²) in [6.07, 6.45) is 3.79. The number of anilines is 2. The Hall–Kier alpha value is -6.66. The molecule has 6 N–H and O–H groups in total. The summed E-state index contributed by atoms with van der Waals surface area (Å²) in [5.41, 5.74) is 16.0. The molecule has 2 heterocycles. The van der Waals surface area contributed by atoms with Crippen molar-refractivity contribution in [2.45, 2.75) is 13.8 Å². The molecule has 0 unspecified atom stereocenters. The minimum absolute atomic E-state index is 0.0111. The molecule has 1 amide bonds. The standard InChI is InChI=1S/C17H15NO2.C15H13NO.C10H9Br2NO.C8H7Br2N.C7H9BO3/c1-12(19)18-16-6-4-3-5-14(16)11-17(18)13-7-9-15(20-2)10-8-13;1-17-13-8-6-11(7-9-13)15-10-12-4-2-3-5-14(12)16-15;1-7(14)13-9-5-3-2-4-8(9)6-10(11)12;9-8(10)5-6-3-1-2-4-7(6)11;1-11-7-4-2-6(3-5-7)8(9)10/h3-11H,1-2H3;2-10,16H,1H3;2-6H,1H3,(H,13,14);1-5H,11H2;2-5,9-10H,1H3. The highest BCUT2D eigenvalue weighted by Crippen LogP contribution is 2.30. The van der Waals surface area contributed by atoms with Gasteiger partial charge in [0.1, 0.15) is 17.2 Å². The second-order valence-corrected chi connectivity index (χ2v) is 21.1. The average Bonchev–Trinajstić information content (AvgIpc) is 4.01. The molecule has 0 saturated carbocycles. The Balaban J connectivity index is 0.000000173. The number of nitrogens with zero attached hydrogens (tertiary/aromatic N) is 1. The molecule has 73 heavy (non-hydrogen) atoms. The Morgan fingerprint density at radius 1 is 0.589 bits per heavy atom. The zero-order valence-electron chi connectivity index (χ0n) is 40.5. The first kappa shape index (κ1) is 57.2. The van der Waals surface area contributed by atoms with Gasteiger partial charge in [0.15, 0.2) is 0 Å². The van der Waals surface area contributed by atoms with Crippen LogP contribution in [0.1, 0.15) is 29.8 Å². The van der Waals surface area contributed by atoms with E-state index in [1.807, 2.05) is 140 Å². The van der Waals surface area contributed by atoms with Crippen molar-refractivity contribution in [2.24, 2.45) is 0 Å². The van der Waals surface area contributed by atoms with E-state index in [1.165, 1.54) is 23.4 Å². The number of benzene rings is 7. The maximum Gasteiger partial charge on any atom is 0.488 e. The van der Waals surface area contributed by atoms with Crippen LogP contribution in [-0.4, -0.2) is 59.9 Å². The Morgan fingerprint density at radius 2 is 1.07 bits per heavy atom. The van der Waals surface area contributed by atoms with E-state index in [4.69, 9.17) is 30.0 Å². The number of para-hydroxylation sites is 4. The van der Waals surface area contributed by atoms with Crippen molar-refractivity contribution in [3.8, 4) is 39.8 Å². The van der Waals surface area contributed by atoms with E-state index in [1.54, 1.807) is 57.1 Å². The van der Waals surface area contributed by atoms with E-state index < -0.39 is 7.12 Å². The quantitative estimate of drug-likeness (QED) is 0.0705. The molecule has 7 aromatic carbocycles. The number of nitrogen functional groups attached to an aromatic ring is 1. The number of nitrogens with two attached hydrogens (primary N) is 1. The number of H-pyrrole nitrogens is 1. The molecule has 0 atom stereocenters. The maximum absolute atomic E-state index is 12.0. The molecule has 11 nitrogen and oxygen atoms in total. The number of aromatic nitrogens is 2. The van der Waals surface area contributed by atoms with Crippen molar-refractivity contribution in [1.29, 1.82) is 0 Å².